The minimum Gasteiger partial charge on any atom is -0.497 e. The third-order valence-corrected chi connectivity index (χ3v) is 12.2. The lowest BCUT2D eigenvalue weighted by molar-refractivity contribution is -0.136. The van der Waals surface area contributed by atoms with Gasteiger partial charge < -0.3 is 14.1 Å². The van der Waals surface area contributed by atoms with Crippen LogP contribution in [0.15, 0.2) is 66.7 Å². The van der Waals surface area contributed by atoms with Gasteiger partial charge in [-0.3, -0.25) is 4.79 Å². The second-order valence-electron chi connectivity index (χ2n) is 11.6. The summed E-state index contributed by atoms with van der Waals surface area (Å²) in [6.45, 7) is 16.4. The van der Waals surface area contributed by atoms with Gasteiger partial charge in [-0.05, 0) is 53.2 Å². The molecule has 0 spiro atoms. The summed E-state index contributed by atoms with van der Waals surface area (Å²) in [4.78, 5) is 15.9. The number of ether oxygens (including phenoxy) is 1. The van der Waals surface area contributed by atoms with E-state index in [0.29, 0.717) is 18.9 Å². The van der Waals surface area contributed by atoms with E-state index in [-0.39, 0.29) is 29.0 Å². The summed E-state index contributed by atoms with van der Waals surface area (Å²) >= 11 is 0. The summed E-state index contributed by atoms with van der Waals surface area (Å²) in [5, 5.41) is 0.101. The average Bonchev–Trinajstić information content (AvgIpc) is 2.80. The molecule has 1 unspecified atom stereocenters. The van der Waals surface area contributed by atoms with Crippen molar-refractivity contribution in [3.63, 3.8) is 0 Å². The van der Waals surface area contributed by atoms with Crippen LogP contribution in [0.4, 0.5) is 0 Å². The van der Waals surface area contributed by atoms with Gasteiger partial charge in [-0.15, -0.1) is 0 Å². The normalized spacial score (nSPS) is 22.6. The number of nitrogens with zero attached hydrogens (tertiary/aromatic N) is 1. The van der Waals surface area contributed by atoms with E-state index >= 15 is 0 Å². The molecule has 0 bridgehead atoms. The first-order valence-electron chi connectivity index (χ1n) is 12.8. The van der Waals surface area contributed by atoms with Gasteiger partial charge in [-0.1, -0.05) is 89.2 Å². The summed E-state index contributed by atoms with van der Waals surface area (Å²) in [6, 6.07) is 18.1. The molecule has 0 N–H and O–H groups in total. The van der Waals surface area contributed by atoms with Crippen LogP contribution in [0.1, 0.15) is 58.2 Å². The second-order valence-corrected chi connectivity index (χ2v) is 16.3. The maximum atomic E-state index is 13.9. The second kappa shape index (κ2) is 11.1. The average molecular weight is 494 g/mol. The Balaban J connectivity index is 2.05. The predicted molar refractivity (Wildman–Crippen MR) is 147 cm³/mol. The Bertz CT molecular complexity index is 993. The van der Waals surface area contributed by atoms with Crippen LogP contribution < -0.4 is 4.74 Å². The van der Waals surface area contributed by atoms with Crippen LogP contribution in [-0.2, 0) is 15.8 Å². The summed E-state index contributed by atoms with van der Waals surface area (Å²) in [5.74, 6) is 1.43. The van der Waals surface area contributed by atoms with Gasteiger partial charge in [-0.2, -0.15) is 0 Å². The quantitative estimate of drug-likeness (QED) is 0.298. The minimum absolute atomic E-state index is 0.0838. The molecular formula is C30H43NO3Si. The van der Waals surface area contributed by atoms with E-state index in [0.717, 1.165) is 16.9 Å². The highest BCUT2D eigenvalue weighted by Gasteiger charge is 2.42. The van der Waals surface area contributed by atoms with Crippen molar-refractivity contribution in [3.8, 4) is 5.75 Å². The third kappa shape index (κ3) is 6.65. The standard InChI is InChI=1S/C30H43NO3Si/c1-22(2)26-20-29(32)31(21-23-12-10-9-11-13-23)27(24-14-16-25(33-6)17-15-24)18-19-28(26)34-35(7,8)30(3,4)5/h9-19,22,26-28H,20-21H2,1-8H3/b19-18-/t26-,27?,28-/m0/s1. The fourth-order valence-corrected chi connectivity index (χ4v) is 5.66. The molecule has 3 atom stereocenters. The fourth-order valence-electron chi connectivity index (χ4n) is 4.37. The first-order chi connectivity index (χ1) is 16.4. The van der Waals surface area contributed by atoms with E-state index in [9.17, 15) is 4.79 Å². The van der Waals surface area contributed by atoms with E-state index in [1.54, 1.807) is 7.11 Å². The molecule has 1 amide bonds. The number of benzene rings is 2. The molecule has 2 aromatic rings. The van der Waals surface area contributed by atoms with Crippen LogP contribution in [0, 0.1) is 11.8 Å². The first-order valence-corrected chi connectivity index (χ1v) is 15.7. The Morgan fingerprint density at radius 2 is 1.63 bits per heavy atom. The van der Waals surface area contributed by atoms with Gasteiger partial charge in [0.1, 0.15) is 5.75 Å². The van der Waals surface area contributed by atoms with E-state index < -0.39 is 8.32 Å². The zero-order valence-electron chi connectivity index (χ0n) is 22.7. The molecule has 0 aromatic heterocycles. The number of carbonyl (C=O) groups is 1. The Kier molecular flexibility index (Phi) is 8.66. The molecular weight excluding hydrogens is 450 g/mol. The van der Waals surface area contributed by atoms with E-state index in [1.807, 2.05) is 35.2 Å². The van der Waals surface area contributed by atoms with Gasteiger partial charge >= 0.3 is 0 Å². The largest absolute Gasteiger partial charge is 0.497 e. The molecule has 35 heavy (non-hydrogen) atoms. The highest BCUT2D eigenvalue weighted by molar-refractivity contribution is 6.74. The van der Waals surface area contributed by atoms with Crippen LogP contribution in [-0.4, -0.2) is 32.3 Å². The molecule has 5 heteroatoms. The number of hydrogen-bond donors (Lipinski definition) is 0. The number of rotatable bonds is 7. The molecule has 0 radical (unpaired) electrons. The van der Waals surface area contributed by atoms with Gasteiger partial charge in [0.05, 0.1) is 19.3 Å². The number of methoxy groups -OCH3 is 1. The van der Waals surface area contributed by atoms with Crippen molar-refractivity contribution in [2.24, 2.45) is 11.8 Å². The smallest absolute Gasteiger partial charge is 0.224 e. The van der Waals surface area contributed by atoms with Crippen LogP contribution in [0.3, 0.4) is 0 Å². The van der Waals surface area contributed by atoms with Crippen molar-refractivity contribution in [3.05, 3.63) is 77.9 Å². The summed E-state index contributed by atoms with van der Waals surface area (Å²) in [6.07, 6.45) is 4.82. The van der Waals surface area contributed by atoms with Gasteiger partial charge in [0.15, 0.2) is 8.32 Å². The summed E-state index contributed by atoms with van der Waals surface area (Å²) in [7, 11) is -0.354. The third-order valence-electron chi connectivity index (χ3n) is 7.72. The molecule has 2 aromatic carbocycles. The van der Waals surface area contributed by atoms with E-state index in [2.05, 4.69) is 84.1 Å². The highest BCUT2D eigenvalue weighted by Crippen LogP contribution is 2.41. The van der Waals surface area contributed by atoms with Gasteiger partial charge in [-0.25, -0.2) is 0 Å². The van der Waals surface area contributed by atoms with Gasteiger partial charge in [0.2, 0.25) is 5.91 Å². The SMILES string of the molecule is COc1ccc(C2/C=C\[C@H](O[Si](C)(C)C(C)(C)C)[C@H](C(C)C)CC(=O)N2Cc2ccccc2)cc1. The molecule has 4 nitrogen and oxygen atoms in total. The van der Waals surface area contributed by atoms with Crippen LogP contribution in [0.5, 0.6) is 5.75 Å². The van der Waals surface area contributed by atoms with E-state index in [1.165, 1.54) is 0 Å². The zero-order valence-corrected chi connectivity index (χ0v) is 23.7. The lowest BCUT2D eigenvalue weighted by Gasteiger charge is -2.43. The summed E-state index contributed by atoms with van der Waals surface area (Å²) in [5.41, 5.74) is 2.20. The molecule has 190 valence electrons. The number of amides is 1. The Morgan fingerprint density at radius 3 is 2.17 bits per heavy atom. The van der Waals surface area contributed by atoms with Crippen molar-refractivity contribution in [2.45, 2.75) is 77.9 Å². The number of hydrogen-bond acceptors (Lipinski definition) is 3. The number of carbonyl (C=O) groups excluding carboxylic acids is 1. The van der Waals surface area contributed by atoms with E-state index in [4.69, 9.17) is 9.16 Å². The van der Waals surface area contributed by atoms with Crippen molar-refractivity contribution in [2.75, 3.05) is 7.11 Å². The molecule has 0 fully saturated rings. The fraction of sp³-hybridized carbons (Fsp3) is 0.500. The molecule has 0 saturated carbocycles. The molecule has 1 heterocycles. The van der Waals surface area contributed by atoms with Crippen LogP contribution in [0.25, 0.3) is 0 Å². The van der Waals surface area contributed by atoms with Crippen molar-refractivity contribution >= 4 is 14.2 Å². The van der Waals surface area contributed by atoms with Crippen molar-refractivity contribution in [1.82, 2.24) is 4.90 Å². The molecule has 0 aliphatic carbocycles. The zero-order chi connectivity index (χ0) is 25.8. The Hall–Kier alpha value is -2.37. The molecule has 3 rings (SSSR count). The lowest BCUT2D eigenvalue weighted by Crippen LogP contribution is -2.47. The monoisotopic (exact) mass is 493 g/mol. The molecule has 0 saturated heterocycles. The maximum Gasteiger partial charge on any atom is 0.224 e. The van der Waals surface area contributed by atoms with Crippen LogP contribution in [0.2, 0.25) is 18.1 Å². The molecule has 1 aliphatic rings. The topological polar surface area (TPSA) is 38.8 Å². The summed E-state index contributed by atoms with van der Waals surface area (Å²) < 4.78 is 12.3. The molecule has 1 aliphatic heterocycles. The maximum absolute atomic E-state index is 13.9. The first kappa shape index (κ1) is 27.2. The highest BCUT2D eigenvalue weighted by atomic mass is 28.4. The minimum atomic E-state index is -2.03. The van der Waals surface area contributed by atoms with Crippen LogP contribution >= 0.6 is 0 Å². The van der Waals surface area contributed by atoms with Crippen molar-refractivity contribution in [1.29, 1.82) is 0 Å². The van der Waals surface area contributed by atoms with Gasteiger partial charge in [0, 0.05) is 13.0 Å². The van der Waals surface area contributed by atoms with Crippen molar-refractivity contribution < 1.29 is 14.0 Å². The predicted octanol–water partition coefficient (Wildman–Crippen LogP) is 7.39. The Morgan fingerprint density at radius 1 is 1.00 bits per heavy atom. The Labute approximate surface area is 213 Å². The lowest BCUT2D eigenvalue weighted by atomic mass is 9.84. The van der Waals surface area contributed by atoms with Gasteiger partial charge in [0.25, 0.3) is 0 Å².